The van der Waals surface area contributed by atoms with Gasteiger partial charge in [-0.25, -0.2) is 0 Å². The van der Waals surface area contributed by atoms with Gasteiger partial charge in [0.25, 0.3) is 0 Å². The molecule has 0 aliphatic heterocycles. The molecule has 0 bridgehead atoms. The number of benzene rings is 1. The van der Waals surface area contributed by atoms with E-state index in [9.17, 15) is 0 Å². The highest BCUT2D eigenvalue weighted by Crippen LogP contribution is 2.18. The maximum Gasteiger partial charge on any atom is 0.0454 e. The van der Waals surface area contributed by atoms with E-state index >= 15 is 0 Å². The van der Waals surface area contributed by atoms with Gasteiger partial charge in [-0.2, -0.15) is 0 Å². The number of H-pyrrole nitrogens is 1. The van der Waals surface area contributed by atoms with Crippen molar-refractivity contribution in [3.8, 4) is 0 Å². The summed E-state index contributed by atoms with van der Waals surface area (Å²) in [4.78, 5) is 3.16. The molecule has 1 aromatic carbocycles. The summed E-state index contributed by atoms with van der Waals surface area (Å²) in [5.41, 5.74) is 3.50. The second-order valence-corrected chi connectivity index (χ2v) is 3.06. The van der Waals surface area contributed by atoms with Crippen molar-refractivity contribution < 1.29 is 0 Å². The number of allylic oxidation sites excluding steroid dienone is 1. The molecule has 0 aliphatic rings. The molecule has 0 aliphatic carbocycles. The SMILES string of the molecule is C=C(C)c1ccc2[nH]ccc2c1. The fourth-order valence-electron chi connectivity index (χ4n) is 1.32. The molecule has 0 saturated carbocycles. The lowest BCUT2D eigenvalue weighted by Crippen LogP contribution is -1.76. The van der Waals surface area contributed by atoms with Gasteiger partial charge in [0, 0.05) is 11.7 Å². The van der Waals surface area contributed by atoms with Crippen LogP contribution in [0.4, 0.5) is 0 Å². The summed E-state index contributed by atoms with van der Waals surface area (Å²) < 4.78 is 0. The molecule has 1 heterocycles. The Balaban J connectivity index is 2.68. The molecule has 0 fully saturated rings. The van der Waals surface area contributed by atoms with Crippen LogP contribution >= 0.6 is 0 Å². The predicted molar refractivity (Wildman–Crippen MR) is 53.0 cm³/mol. The summed E-state index contributed by atoms with van der Waals surface area (Å²) >= 11 is 0. The Hall–Kier alpha value is -1.50. The number of rotatable bonds is 1. The smallest absolute Gasteiger partial charge is 0.0454 e. The van der Waals surface area contributed by atoms with Gasteiger partial charge in [-0.3, -0.25) is 0 Å². The molecule has 0 spiro atoms. The van der Waals surface area contributed by atoms with Crippen LogP contribution in [0.1, 0.15) is 12.5 Å². The van der Waals surface area contributed by atoms with Gasteiger partial charge < -0.3 is 4.98 Å². The van der Waals surface area contributed by atoms with E-state index in [1.807, 2.05) is 13.1 Å². The number of hydrogen-bond donors (Lipinski definition) is 1. The summed E-state index contributed by atoms with van der Waals surface area (Å²) in [6.07, 6.45) is 1.95. The fourth-order valence-corrected chi connectivity index (χ4v) is 1.32. The van der Waals surface area contributed by atoms with Crippen molar-refractivity contribution in [2.45, 2.75) is 6.92 Å². The molecule has 60 valence electrons. The summed E-state index contributed by atoms with van der Waals surface area (Å²) in [7, 11) is 0. The number of hydrogen-bond acceptors (Lipinski definition) is 0. The standard InChI is InChI=1S/C11H11N/c1-8(2)9-3-4-11-10(7-9)5-6-12-11/h3-7,12H,1H2,2H3. The first-order chi connectivity index (χ1) is 5.77. The Labute approximate surface area is 71.7 Å². The maximum absolute atomic E-state index is 3.91. The van der Waals surface area contributed by atoms with Crippen LogP contribution in [-0.4, -0.2) is 4.98 Å². The van der Waals surface area contributed by atoms with Crippen LogP contribution in [-0.2, 0) is 0 Å². The van der Waals surface area contributed by atoms with E-state index in [0.717, 1.165) is 5.57 Å². The normalized spacial score (nSPS) is 10.4. The third kappa shape index (κ3) is 1.03. The first kappa shape index (κ1) is 7.17. The van der Waals surface area contributed by atoms with Crippen molar-refractivity contribution in [2.24, 2.45) is 0 Å². The summed E-state index contributed by atoms with van der Waals surface area (Å²) in [5, 5.41) is 1.25. The summed E-state index contributed by atoms with van der Waals surface area (Å²) in [5.74, 6) is 0. The Morgan fingerprint density at radius 1 is 1.33 bits per heavy atom. The minimum Gasteiger partial charge on any atom is -0.361 e. The molecule has 1 aromatic heterocycles. The van der Waals surface area contributed by atoms with Gasteiger partial charge in [0.2, 0.25) is 0 Å². The molecule has 1 heteroatoms. The Kier molecular flexibility index (Phi) is 1.51. The monoisotopic (exact) mass is 157 g/mol. The molecule has 0 amide bonds. The minimum atomic E-state index is 1.11. The topological polar surface area (TPSA) is 15.8 Å². The van der Waals surface area contributed by atoms with Gasteiger partial charge in [0.15, 0.2) is 0 Å². The largest absolute Gasteiger partial charge is 0.361 e. The fraction of sp³-hybridized carbons (Fsp3) is 0.0909. The summed E-state index contributed by atoms with van der Waals surface area (Å²) in [6, 6.07) is 8.39. The Bertz CT molecular complexity index is 423. The molecule has 2 aromatic rings. The van der Waals surface area contributed by atoms with Crippen molar-refractivity contribution in [1.29, 1.82) is 0 Å². The average molecular weight is 157 g/mol. The zero-order valence-corrected chi connectivity index (χ0v) is 7.09. The lowest BCUT2D eigenvalue weighted by Gasteiger charge is -1.98. The quantitative estimate of drug-likeness (QED) is 0.654. The minimum absolute atomic E-state index is 1.11. The zero-order chi connectivity index (χ0) is 8.55. The molecule has 0 saturated heterocycles. The molecule has 2 rings (SSSR count). The molecule has 0 unspecified atom stereocenters. The van der Waals surface area contributed by atoms with Crippen molar-refractivity contribution in [1.82, 2.24) is 4.98 Å². The molecule has 0 atom stereocenters. The molecule has 0 radical (unpaired) electrons. The van der Waals surface area contributed by atoms with Crippen LogP contribution in [0.15, 0.2) is 37.0 Å². The van der Waals surface area contributed by atoms with Crippen LogP contribution in [0.3, 0.4) is 0 Å². The van der Waals surface area contributed by atoms with Crippen LogP contribution < -0.4 is 0 Å². The Morgan fingerprint density at radius 2 is 2.17 bits per heavy atom. The average Bonchev–Trinajstić information content (AvgIpc) is 2.49. The van der Waals surface area contributed by atoms with Gasteiger partial charge in [-0.05, 0) is 36.1 Å². The van der Waals surface area contributed by atoms with Crippen molar-refractivity contribution in [3.05, 3.63) is 42.6 Å². The van der Waals surface area contributed by atoms with Gasteiger partial charge >= 0.3 is 0 Å². The van der Waals surface area contributed by atoms with E-state index in [1.165, 1.54) is 16.5 Å². The predicted octanol–water partition coefficient (Wildman–Crippen LogP) is 3.20. The van der Waals surface area contributed by atoms with Gasteiger partial charge in [0.1, 0.15) is 0 Å². The first-order valence-electron chi connectivity index (χ1n) is 4.00. The van der Waals surface area contributed by atoms with E-state index in [1.54, 1.807) is 0 Å². The maximum atomic E-state index is 3.91. The lowest BCUT2D eigenvalue weighted by atomic mass is 10.1. The lowest BCUT2D eigenvalue weighted by molar-refractivity contribution is 1.47. The van der Waals surface area contributed by atoms with E-state index in [0.29, 0.717) is 0 Å². The zero-order valence-electron chi connectivity index (χ0n) is 7.09. The number of fused-ring (bicyclic) bond motifs is 1. The van der Waals surface area contributed by atoms with Crippen LogP contribution in [0.5, 0.6) is 0 Å². The van der Waals surface area contributed by atoms with E-state index in [4.69, 9.17) is 0 Å². The molecular formula is C11H11N. The molecule has 1 N–H and O–H groups in total. The third-order valence-corrected chi connectivity index (χ3v) is 2.05. The van der Waals surface area contributed by atoms with Crippen molar-refractivity contribution in [2.75, 3.05) is 0 Å². The van der Waals surface area contributed by atoms with Crippen LogP contribution in [0.2, 0.25) is 0 Å². The van der Waals surface area contributed by atoms with E-state index in [2.05, 4.69) is 35.8 Å². The van der Waals surface area contributed by atoms with Gasteiger partial charge in [-0.1, -0.05) is 18.2 Å². The highest BCUT2D eigenvalue weighted by molar-refractivity contribution is 5.83. The second-order valence-electron chi connectivity index (χ2n) is 3.06. The number of aromatic amines is 1. The molecule has 12 heavy (non-hydrogen) atoms. The second kappa shape index (κ2) is 2.52. The summed E-state index contributed by atoms with van der Waals surface area (Å²) in [6.45, 7) is 5.93. The van der Waals surface area contributed by atoms with Crippen molar-refractivity contribution in [3.63, 3.8) is 0 Å². The van der Waals surface area contributed by atoms with E-state index in [-0.39, 0.29) is 0 Å². The third-order valence-electron chi connectivity index (χ3n) is 2.05. The van der Waals surface area contributed by atoms with E-state index < -0.39 is 0 Å². The van der Waals surface area contributed by atoms with Gasteiger partial charge in [-0.15, -0.1) is 0 Å². The van der Waals surface area contributed by atoms with Gasteiger partial charge in [0.05, 0.1) is 0 Å². The Morgan fingerprint density at radius 3 is 2.92 bits per heavy atom. The number of nitrogens with one attached hydrogen (secondary N) is 1. The highest BCUT2D eigenvalue weighted by atomic mass is 14.7. The first-order valence-corrected chi connectivity index (χ1v) is 4.00. The number of aromatic nitrogens is 1. The van der Waals surface area contributed by atoms with Crippen LogP contribution in [0, 0.1) is 0 Å². The van der Waals surface area contributed by atoms with Crippen LogP contribution in [0.25, 0.3) is 16.5 Å². The highest BCUT2D eigenvalue weighted by Gasteiger charge is 1.96. The molecular weight excluding hydrogens is 146 g/mol. The van der Waals surface area contributed by atoms with Crippen molar-refractivity contribution >= 4 is 16.5 Å². The molecule has 1 nitrogen and oxygen atoms in total.